The maximum absolute atomic E-state index is 11.8. The molecule has 0 aliphatic carbocycles. The Bertz CT molecular complexity index is 411. The Hall–Kier alpha value is -1.17. The van der Waals surface area contributed by atoms with Crippen molar-refractivity contribution in [1.82, 2.24) is 0 Å². The molecule has 0 radical (unpaired) electrons. The van der Waals surface area contributed by atoms with E-state index in [9.17, 15) is 17.2 Å². The summed E-state index contributed by atoms with van der Waals surface area (Å²) in [5.74, 6) is -0.655. The van der Waals surface area contributed by atoms with Gasteiger partial charge in [0.15, 0.2) is 9.84 Å². The first-order chi connectivity index (χ1) is 6.92. The summed E-state index contributed by atoms with van der Waals surface area (Å²) in [5.41, 5.74) is 0. The van der Waals surface area contributed by atoms with Crippen LogP contribution in [0, 0.1) is 0 Å². The van der Waals surface area contributed by atoms with Gasteiger partial charge in [0.05, 0.1) is 10.6 Å². The zero-order valence-corrected chi connectivity index (χ0v) is 8.55. The van der Waals surface area contributed by atoms with Crippen molar-refractivity contribution >= 4 is 9.84 Å². The van der Waals surface area contributed by atoms with Gasteiger partial charge in [0.2, 0.25) is 6.43 Å². The molecule has 15 heavy (non-hydrogen) atoms. The molecule has 1 rings (SSSR count). The van der Waals surface area contributed by atoms with Crippen LogP contribution in [-0.2, 0) is 9.84 Å². The van der Waals surface area contributed by atoms with Gasteiger partial charge in [0.25, 0.3) is 0 Å². The minimum atomic E-state index is -3.66. The van der Waals surface area contributed by atoms with Gasteiger partial charge in [0, 0.05) is 6.42 Å². The van der Waals surface area contributed by atoms with E-state index in [0.717, 1.165) is 0 Å². The number of benzene rings is 1. The average Bonchev–Trinajstić information content (AvgIpc) is 2.16. The van der Waals surface area contributed by atoms with Crippen LogP contribution in [0.2, 0.25) is 0 Å². The summed E-state index contributed by atoms with van der Waals surface area (Å²) in [5, 5.41) is 8.93. The first-order valence-corrected chi connectivity index (χ1v) is 5.87. The van der Waals surface area contributed by atoms with Gasteiger partial charge in [-0.25, -0.2) is 17.2 Å². The quantitative estimate of drug-likeness (QED) is 0.867. The predicted molar refractivity (Wildman–Crippen MR) is 50.8 cm³/mol. The lowest BCUT2D eigenvalue weighted by atomic mass is 10.3. The van der Waals surface area contributed by atoms with Crippen molar-refractivity contribution in [2.24, 2.45) is 0 Å². The van der Waals surface area contributed by atoms with Gasteiger partial charge >= 0.3 is 0 Å². The van der Waals surface area contributed by atoms with E-state index >= 15 is 0 Å². The van der Waals surface area contributed by atoms with E-state index in [4.69, 9.17) is 5.11 Å². The monoisotopic (exact) mass is 236 g/mol. The fourth-order valence-corrected chi connectivity index (χ4v) is 2.29. The van der Waals surface area contributed by atoms with Gasteiger partial charge in [-0.3, -0.25) is 0 Å². The van der Waals surface area contributed by atoms with Crippen LogP contribution in [0.5, 0.6) is 5.75 Å². The molecule has 0 heterocycles. The molecule has 3 nitrogen and oxygen atoms in total. The zero-order valence-electron chi connectivity index (χ0n) is 7.73. The summed E-state index contributed by atoms with van der Waals surface area (Å²) < 4.78 is 46.5. The van der Waals surface area contributed by atoms with Crippen LogP contribution in [0.15, 0.2) is 29.2 Å². The highest BCUT2D eigenvalue weighted by atomic mass is 32.2. The van der Waals surface area contributed by atoms with E-state index in [2.05, 4.69) is 0 Å². The molecule has 0 saturated carbocycles. The highest BCUT2D eigenvalue weighted by molar-refractivity contribution is 7.91. The number of phenols is 1. The minimum absolute atomic E-state index is 0.0547. The van der Waals surface area contributed by atoms with Crippen molar-refractivity contribution in [2.45, 2.75) is 17.7 Å². The Morgan fingerprint density at radius 1 is 1.20 bits per heavy atom. The molecule has 0 atom stereocenters. The molecule has 1 N–H and O–H groups in total. The lowest BCUT2D eigenvalue weighted by Crippen LogP contribution is -2.09. The van der Waals surface area contributed by atoms with Crippen LogP contribution in [0.1, 0.15) is 6.42 Å². The number of hydrogen-bond donors (Lipinski definition) is 1. The third kappa shape index (κ3) is 3.47. The Kier molecular flexibility index (Phi) is 3.62. The van der Waals surface area contributed by atoms with Crippen molar-refractivity contribution in [3.05, 3.63) is 24.3 Å². The number of phenolic OH excluding ortho intramolecular Hbond substituents is 1. The average molecular weight is 236 g/mol. The van der Waals surface area contributed by atoms with Gasteiger partial charge < -0.3 is 5.11 Å². The van der Waals surface area contributed by atoms with Gasteiger partial charge in [0.1, 0.15) is 5.75 Å². The fourth-order valence-electron chi connectivity index (χ4n) is 1.02. The number of halogens is 2. The van der Waals surface area contributed by atoms with E-state index in [1.54, 1.807) is 0 Å². The third-order valence-electron chi connectivity index (χ3n) is 1.80. The normalized spacial score (nSPS) is 11.9. The van der Waals surface area contributed by atoms with Crippen molar-refractivity contribution in [3.8, 4) is 5.75 Å². The van der Waals surface area contributed by atoms with Crippen molar-refractivity contribution < 1.29 is 22.3 Å². The molecule has 0 bridgehead atoms. The largest absolute Gasteiger partial charge is 0.508 e. The first-order valence-electron chi connectivity index (χ1n) is 4.22. The van der Waals surface area contributed by atoms with Crippen LogP contribution >= 0.6 is 0 Å². The molecule has 6 heteroatoms. The molecule has 0 fully saturated rings. The molecular formula is C9H10F2O3S. The summed E-state index contributed by atoms with van der Waals surface area (Å²) in [7, 11) is -3.66. The van der Waals surface area contributed by atoms with E-state index in [1.807, 2.05) is 0 Å². The molecule has 0 unspecified atom stereocenters. The highest BCUT2D eigenvalue weighted by Gasteiger charge is 2.16. The standard InChI is InChI=1S/C9H10F2O3S/c10-9(11)5-6-15(13,14)8-3-1-7(12)2-4-8/h1-4,9,12H,5-6H2. The molecular weight excluding hydrogens is 226 g/mol. The number of rotatable bonds is 4. The van der Waals surface area contributed by atoms with E-state index in [-0.39, 0.29) is 10.6 Å². The number of aromatic hydroxyl groups is 1. The van der Waals surface area contributed by atoms with Crippen molar-refractivity contribution in [2.75, 3.05) is 5.75 Å². The Morgan fingerprint density at radius 2 is 1.73 bits per heavy atom. The van der Waals surface area contributed by atoms with Crippen LogP contribution in [0.4, 0.5) is 8.78 Å². The third-order valence-corrected chi connectivity index (χ3v) is 3.56. The van der Waals surface area contributed by atoms with Crippen LogP contribution < -0.4 is 0 Å². The summed E-state index contributed by atoms with van der Waals surface area (Å²) in [6, 6.07) is 4.79. The molecule has 0 aliphatic rings. The van der Waals surface area contributed by atoms with Crippen molar-refractivity contribution in [3.63, 3.8) is 0 Å². The molecule has 0 amide bonds. The lowest BCUT2D eigenvalue weighted by molar-refractivity contribution is 0.145. The number of hydrogen-bond acceptors (Lipinski definition) is 3. The topological polar surface area (TPSA) is 54.4 Å². The number of sulfone groups is 1. The SMILES string of the molecule is O=S(=O)(CCC(F)F)c1ccc(O)cc1. The molecule has 0 aromatic heterocycles. The molecule has 1 aromatic carbocycles. The summed E-state index contributed by atoms with van der Waals surface area (Å²) in [6.07, 6.45) is -3.31. The van der Waals surface area contributed by atoms with Gasteiger partial charge in [-0.15, -0.1) is 0 Å². The van der Waals surface area contributed by atoms with Gasteiger partial charge in [-0.1, -0.05) is 0 Å². The maximum atomic E-state index is 11.8. The summed E-state index contributed by atoms with van der Waals surface area (Å²) >= 11 is 0. The minimum Gasteiger partial charge on any atom is -0.508 e. The second kappa shape index (κ2) is 4.57. The lowest BCUT2D eigenvalue weighted by Gasteiger charge is -2.03. The fraction of sp³-hybridized carbons (Fsp3) is 0.333. The summed E-state index contributed by atoms with van der Waals surface area (Å²) in [6.45, 7) is 0. The molecule has 0 spiro atoms. The van der Waals surface area contributed by atoms with Crippen LogP contribution in [0.25, 0.3) is 0 Å². The van der Waals surface area contributed by atoms with Crippen molar-refractivity contribution in [1.29, 1.82) is 0 Å². The van der Waals surface area contributed by atoms with E-state index in [1.165, 1.54) is 24.3 Å². The molecule has 84 valence electrons. The Labute approximate surface area is 86.3 Å². The summed E-state index contributed by atoms with van der Waals surface area (Å²) in [4.78, 5) is -0.0547. The van der Waals surface area contributed by atoms with E-state index < -0.39 is 28.4 Å². The maximum Gasteiger partial charge on any atom is 0.239 e. The van der Waals surface area contributed by atoms with Gasteiger partial charge in [-0.2, -0.15) is 0 Å². The highest BCUT2D eigenvalue weighted by Crippen LogP contribution is 2.17. The Balaban J connectivity index is 2.82. The molecule has 0 saturated heterocycles. The zero-order chi connectivity index (χ0) is 11.5. The predicted octanol–water partition coefficient (Wildman–Crippen LogP) is 1.82. The second-order valence-electron chi connectivity index (χ2n) is 2.99. The van der Waals surface area contributed by atoms with E-state index in [0.29, 0.717) is 0 Å². The van der Waals surface area contributed by atoms with Crippen LogP contribution in [0.3, 0.4) is 0 Å². The smallest absolute Gasteiger partial charge is 0.239 e. The first kappa shape index (κ1) is 11.9. The van der Waals surface area contributed by atoms with Gasteiger partial charge in [-0.05, 0) is 24.3 Å². The second-order valence-corrected chi connectivity index (χ2v) is 5.10. The molecule has 0 aliphatic heterocycles. The number of alkyl halides is 2. The molecule has 1 aromatic rings. The van der Waals surface area contributed by atoms with Crippen LogP contribution in [-0.4, -0.2) is 25.7 Å². The Morgan fingerprint density at radius 3 is 2.20 bits per heavy atom.